The zero-order chi connectivity index (χ0) is 12.1. The first-order valence-electron chi connectivity index (χ1n) is 6.01. The number of carbonyl (C=O) groups excluding carboxylic acids is 1. The molecule has 0 saturated carbocycles. The van der Waals surface area contributed by atoms with Crippen molar-refractivity contribution in [3.8, 4) is 0 Å². The van der Waals surface area contributed by atoms with Crippen LogP contribution in [0.5, 0.6) is 0 Å². The third-order valence-corrected chi connectivity index (χ3v) is 2.90. The van der Waals surface area contributed by atoms with Gasteiger partial charge < -0.3 is 5.11 Å². The van der Waals surface area contributed by atoms with Gasteiger partial charge in [-0.1, -0.05) is 24.6 Å². The summed E-state index contributed by atoms with van der Waals surface area (Å²) in [6, 6.07) is 9.51. The summed E-state index contributed by atoms with van der Waals surface area (Å²) in [6.07, 6.45) is 5.91. The van der Waals surface area contributed by atoms with E-state index in [-0.39, 0.29) is 5.91 Å². The molecule has 0 saturated heterocycles. The lowest BCUT2D eigenvalue weighted by Crippen LogP contribution is -2.24. The Hall–Kier alpha value is -1.61. The molecule has 0 spiro atoms. The van der Waals surface area contributed by atoms with E-state index in [1.54, 1.807) is 17.2 Å². The highest BCUT2D eigenvalue weighted by molar-refractivity contribution is 5.95. The highest BCUT2D eigenvalue weighted by Crippen LogP contribution is 2.18. The summed E-state index contributed by atoms with van der Waals surface area (Å²) in [5, 5.41) is 9.67. The van der Waals surface area contributed by atoms with Crippen LogP contribution in [-0.4, -0.2) is 17.1 Å². The Morgan fingerprint density at radius 1 is 1.18 bits per heavy atom. The van der Waals surface area contributed by atoms with Crippen molar-refractivity contribution < 1.29 is 9.90 Å². The van der Waals surface area contributed by atoms with Gasteiger partial charge >= 0.3 is 0 Å². The summed E-state index contributed by atoms with van der Waals surface area (Å²) in [4.78, 5) is 13.6. The van der Waals surface area contributed by atoms with Crippen molar-refractivity contribution in [2.75, 3.05) is 4.90 Å². The van der Waals surface area contributed by atoms with Crippen LogP contribution in [0.1, 0.15) is 25.7 Å². The van der Waals surface area contributed by atoms with E-state index in [4.69, 9.17) is 0 Å². The van der Waals surface area contributed by atoms with Crippen molar-refractivity contribution in [3.05, 3.63) is 42.6 Å². The number of hydrogen-bond acceptors (Lipinski definition) is 2. The van der Waals surface area contributed by atoms with Gasteiger partial charge in [0.05, 0.1) is 6.10 Å². The van der Waals surface area contributed by atoms with Crippen LogP contribution >= 0.6 is 0 Å². The molecule has 1 amide bonds. The zero-order valence-electron chi connectivity index (χ0n) is 9.75. The number of aliphatic hydroxyl groups is 1. The summed E-state index contributed by atoms with van der Waals surface area (Å²) in [5.41, 5.74) is 0.850. The Kier molecular flexibility index (Phi) is 3.94. The highest BCUT2D eigenvalue weighted by atomic mass is 16.3. The normalized spacial score (nSPS) is 21.8. The molecule has 1 N–H and O–H groups in total. The monoisotopic (exact) mass is 231 g/mol. The molecule has 2 rings (SSSR count). The molecule has 0 bridgehead atoms. The maximum Gasteiger partial charge on any atom is 0.231 e. The molecule has 1 aromatic rings. The molecule has 0 aromatic heterocycles. The first-order chi connectivity index (χ1) is 8.27. The molecular formula is C14H17NO2. The number of carbonyl (C=O) groups is 1. The summed E-state index contributed by atoms with van der Waals surface area (Å²) < 4.78 is 0. The fraction of sp³-hybridized carbons (Fsp3) is 0.357. The first-order valence-corrected chi connectivity index (χ1v) is 6.01. The average Bonchev–Trinajstić information content (AvgIpc) is 2.43. The zero-order valence-corrected chi connectivity index (χ0v) is 9.75. The smallest absolute Gasteiger partial charge is 0.231 e. The Bertz CT molecular complexity index is 400. The van der Waals surface area contributed by atoms with E-state index in [9.17, 15) is 9.90 Å². The molecule has 1 atom stereocenters. The minimum Gasteiger partial charge on any atom is -0.389 e. The van der Waals surface area contributed by atoms with E-state index in [1.807, 2.05) is 30.3 Å². The van der Waals surface area contributed by atoms with Crippen molar-refractivity contribution >= 4 is 11.6 Å². The van der Waals surface area contributed by atoms with Crippen LogP contribution in [0.3, 0.4) is 0 Å². The molecule has 0 aliphatic carbocycles. The van der Waals surface area contributed by atoms with Gasteiger partial charge in [0, 0.05) is 18.3 Å². The first kappa shape index (κ1) is 11.9. The van der Waals surface area contributed by atoms with Gasteiger partial charge in [-0.25, -0.2) is 0 Å². The second kappa shape index (κ2) is 5.64. The standard InChI is InChI=1S/C14H17NO2/c16-13-8-4-5-9-14(17)15(11-10-13)12-6-2-1-3-7-12/h1-3,6-7,10-11,13,16H,4-5,8-9H2. The fourth-order valence-electron chi connectivity index (χ4n) is 1.93. The Morgan fingerprint density at radius 3 is 2.71 bits per heavy atom. The Morgan fingerprint density at radius 2 is 1.94 bits per heavy atom. The number of nitrogens with zero attached hydrogens (tertiary/aromatic N) is 1. The van der Waals surface area contributed by atoms with E-state index < -0.39 is 6.10 Å². The van der Waals surface area contributed by atoms with Crippen molar-refractivity contribution in [2.45, 2.75) is 31.8 Å². The average molecular weight is 231 g/mol. The number of para-hydroxylation sites is 1. The molecule has 1 aliphatic heterocycles. The molecule has 17 heavy (non-hydrogen) atoms. The quantitative estimate of drug-likeness (QED) is 0.806. The molecule has 1 heterocycles. The van der Waals surface area contributed by atoms with Crippen molar-refractivity contribution in [1.29, 1.82) is 0 Å². The van der Waals surface area contributed by atoms with Gasteiger partial charge in [0.1, 0.15) is 0 Å². The molecule has 1 aliphatic rings. The Balaban J connectivity index is 2.24. The van der Waals surface area contributed by atoms with Crippen LogP contribution in [0, 0.1) is 0 Å². The second-order valence-electron chi connectivity index (χ2n) is 4.25. The van der Waals surface area contributed by atoms with Crippen LogP contribution in [0.15, 0.2) is 42.6 Å². The third kappa shape index (κ3) is 3.17. The second-order valence-corrected chi connectivity index (χ2v) is 4.25. The van der Waals surface area contributed by atoms with E-state index in [1.165, 1.54) is 0 Å². The number of anilines is 1. The van der Waals surface area contributed by atoms with Crippen LogP contribution in [0.4, 0.5) is 5.69 Å². The number of benzene rings is 1. The Labute approximate surface area is 101 Å². The topological polar surface area (TPSA) is 40.5 Å². The number of aliphatic hydroxyl groups excluding tert-OH is 1. The molecular weight excluding hydrogens is 214 g/mol. The number of rotatable bonds is 1. The van der Waals surface area contributed by atoms with Crippen molar-refractivity contribution in [3.63, 3.8) is 0 Å². The van der Waals surface area contributed by atoms with Gasteiger partial charge in [-0.3, -0.25) is 9.69 Å². The van der Waals surface area contributed by atoms with Gasteiger partial charge in [0.15, 0.2) is 0 Å². The van der Waals surface area contributed by atoms with Gasteiger partial charge in [0.25, 0.3) is 0 Å². The largest absolute Gasteiger partial charge is 0.389 e. The van der Waals surface area contributed by atoms with Gasteiger partial charge in [-0.15, -0.1) is 0 Å². The predicted octanol–water partition coefficient (Wildman–Crippen LogP) is 2.47. The lowest BCUT2D eigenvalue weighted by Gasteiger charge is -2.18. The summed E-state index contributed by atoms with van der Waals surface area (Å²) >= 11 is 0. The highest BCUT2D eigenvalue weighted by Gasteiger charge is 2.15. The van der Waals surface area contributed by atoms with Gasteiger partial charge in [-0.05, 0) is 31.1 Å². The minimum absolute atomic E-state index is 0.0848. The maximum atomic E-state index is 12.0. The molecule has 3 heteroatoms. The van der Waals surface area contributed by atoms with E-state index in [0.29, 0.717) is 6.42 Å². The molecule has 1 unspecified atom stereocenters. The van der Waals surface area contributed by atoms with Crippen molar-refractivity contribution in [1.82, 2.24) is 0 Å². The van der Waals surface area contributed by atoms with Crippen LogP contribution in [0.25, 0.3) is 0 Å². The van der Waals surface area contributed by atoms with Gasteiger partial charge in [-0.2, -0.15) is 0 Å². The third-order valence-electron chi connectivity index (χ3n) is 2.90. The van der Waals surface area contributed by atoms with Crippen LogP contribution in [0.2, 0.25) is 0 Å². The summed E-state index contributed by atoms with van der Waals surface area (Å²) in [6.45, 7) is 0. The molecule has 3 nitrogen and oxygen atoms in total. The lowest BCUT2D eigenvalue weighted by atomic mass is 10.1. The van der Waals surface area contributed by atoms with Crippen molar-refractivity contribution in [2.24, 2.45) is 0 Å². The fourth-order valence-corrected chi connectivity index (χ4v) is 1.93. The van der Waals surface area contributed by atoms with E-state index in [2.05, 4.69) is 0 Å². The molecule has 0 fully saturated rings. The number of hydrogen-bond donors (Lipinski definition) is 1. The summed E-state index contributed by atoms with van der Waals surface area (Å²) in [7, 11) is 0. The molecule has 1 aromatic carbocycles. The summed E-state index contributed by atoms with van der Waals surface area (Å²) in [5.74, 6) is 0.0848. The minimum atomic E-state index is -0.452. The van der Waals surface area contributed by atoms with Gasteiger partial charge in [0.2, 0.25) is 5.91 Å². The van der Waals surface area contributed by atoms with Crippen LogP contribution in [-0.2, 0) is 4.79 Å². The maximum absolute atomic E-state index is 12.0. The van der Waals surface area contributed by atoms with Crippen LogP contribution < -0.4 is 4.90 Å². The number of amides is 1. The predicted molar refractivity (Wildman–Crippen MR) is 67.5 cm³/mol. The van der Waals surface area contributed by atoms with E-state index >= 15 is 0 Å². The molecule has 90 valence electrons. The SMILES string of the molecule is O=C1CCCCC(O)C=CN1c1ccccc1. The molecule has 0 radical (unpaired) electrons. The lowest BCUT2D eigenvalue weighted by molar-refractivity contribution is -0.118. The van der Waals surface area contributed by atoms with E-state index in [0.717, 1.165) is 24.9 Å².